The fraction of sp³-hybridized carbons (Fsp3) is 0.333. The van der Waals surface area contributed by atoms with Crippen LogP contribution in [0.5, 0.6) is 0 Å². The second-order valence-electron chi connectivity index (χ2n) is 5.44. The molecule has 0 saturated heterocycles. The lowest BCUT2D eigenvalue weighted by Gasteiger charge is -2.10. The fourth-order valence-electron chi connectivity index (χ4n) is 2.25. The summed E-state index contributed by atoms with van der Waals surface area (Å²) >= 11 is 2.47. The van der Waals surface area contributed by atoms with Crippen LogP contribution in [0.1, 0.15) is 52.9 Å². The van der Waals surface area contributed by atoms with E-state index in [-0.39, 0.29) is 0 Å². The summed E-state index contributed by atoms with van der Waals surface area (Å²) in [5, 5.41) is 0. The Morgan fingerprint density at radius 2 is 1.37 bits per heavy atom. The van der Waals surface area contributed by atoms with Crippen molar-refractivity contribution in [3.05, 3.63) is 70.8 Å². The minimum atomic E-state index is 0.569. The summed E-state index contributed by atoms with van der Waals surface area (Å²) in [7, 11) is 0. The Labute approximate surface area is 130 Å². The summed E-state index contributed by atoms with van der Waals surface area (Å²) in [6.07, 6.45) is 1.03. The van der Waals surface area contributed by atoms with E-state index in [2.05, 4.69) is 91.9 Å². The number of rotatable bonds is 4. The van der Waals surface area contributed by atoms with Crippen LogP contribution in [0.25, 0.3) is 0 Å². The highest BCUT2D eigenvalue weighted by Crippen LogP contribution is 2.24. The molecule has 0 aromatic heterocycles. The van der Waals surface area contributed by atoms with E-state index in [0.717, 1.165) is 6.42 Å². The molecule has 0 amide bonds. The summed E-state index contributed by atoms with van der Waals surface area (Å²) in [5.74, 6) is 0.598. The highest BCUT2D eigenvalue weighted by molar-refractivity contribution is 14.1. The van der Waals surface area contributed by atoms with Gasteiger partial charge in [0.05, 0.1) is 0 Å². The third-order valence-electron chi connectivity index (χ3n) is 3.44. The molecule has 1 heteroatoms. The van der Waals surface area contributed by atoms with Crippen LogP contribution in [0.3, 0.4) is 0 Å². The zero-order valence-corrected chi connectivity index (χ0v) is 14.0. The maximum Gasteiger partial charge on any atom is 0.0331 e. The molecular formula is C18H21I. The third-order valence-corrected chi connectivity index (χ3v) is 4.16. The van der Waals surface area contributed by atoms with E-state index in [1.54, 1.807) is 0 Å². The zero-order valence-electron chi connectivity index (χ0n) is 11.9. The Hall–Kier alpha value is -0.830. The molecule has 0 heterocycles. The van der Waals surface area contributed by atoms with Gasteiger partial charge in [0.2, 0.25) is 0 Å². The zero-order chi connectivity index (χ0) is 13.8. The van der Waals surface area contributed by atoms with Crippen molar-refractivity contribution in [2.24, 2.45) is 0 Å². The van der Waals surface area contributed by atoms with Gasteiger partial charge in [-0.1, -0.05) is 85.0 Å². The second kappa shape index (κ2) is 6.56. The summed E-state index contributed by atoms with van der Waals surface area (Å²) in [4.78, 5) is 0. The van der Waals surface area contributed by atoms with Gasteiger partial charge in [-0.3, -0.25) is 0 Å². The Bertz CT molecular complexity index is 491. The van der Waals surface area contributed by atoms with Crippen LogP contribution < -0.4 is 0 Å². The molecule has 1 unspecified atom stereocenters. The van der Waals surface area contributed by atoms with Crippen LogP contribution in [0.2, 0.25) is 0 Å². The largest absolute Gasteiger partial charge is 0.0777 e. The van der Waals surface area contributed by atoms with E-state index in [0.29, 0.717) is 9.84 Å². The highest BCUT2D eigenvalue weighted by atomic mass is 127. The lowest BCUT2D eigenvalue weighted by Crippen LogP contribution is -1.93. The summed E-state index contributed by atoms with van der Waals surface area (Å²) < 4.78 is 0.569. The highest BCUT2D eigenvalue weighted by Gasteiger charge is 2.04. The molecule has 2 rings (SSSR count). The van der Waals surface area contributed by atoms with Crippen LogP contribution in [-0.4, -0.2) is 0 Å². The Morgan fingerprint density at radius 3 is 1.89 bits per heavy atom. The van der Waals surface area contributed by atoms with Crippen molar-refractivity contribution in [2.45, 2.75) is 37.0 Å². The Kier molecular flexibility index (Phi) is 5.03. The molecule has 19 heavy (non-hydrogen) atoms. The second-order valence-corrected chi connectivity index (χ2v) is 7.31. The molecule has 0 N–H and O–H groups in total. The number of halogens is 1. The van der Waals surface area contributed by atoms with Crippen LogP contribution in [-0.2, 0) is 6.42 Å². The number of hydrogen-bond donors (Lipinski definition) is 0. The van der Waals surface area contributed by atoms with E-state index in [1.165, 1.54) is 22.3 Å². The maximum absolute atomic E-state index is 2.47. The van der Waals surface area contributed by atoms with Crippen molar-refractivity contribution in [3.63, 3.8) is 0 Å². The van der Waals surface area contributed by atoms with E-state index in [4.69, 9.17) is 0 Å². The van der Waals surface area contributed by atoms with Crippen molar-refractivity contribution in [3.8, 4) is 0 Å². The molecule has 2 aromatic carbocycles. The van der Waals surface area contributed by atoms with E-state index >= 15 is 0 Å². The van der Waals surface area contributed by atoms with Gasteiger partial charge >= 0.3 is 0 Å². The van der Waals surface area contributed by atoms with Crippen molar-refractivity contribution in [2.75, 3.05) is 0 Å². The average Bonchev–Trinajstić information content (AvgIpc) is 2.39. The molecule has 1 atom stereocenters. The maximum atomic E-state index is 2.47. The molecule has 0 nitrogen and oxygen atoms in total. The minimum absolute atomic E-state index is 0.569. The molecule has 0 spiro atoms. The Balaban J connectivity index is 2.21. The average molecular weight is 364 g/mol. The molecule has 0 bridgehead atoms. The van der Waals surface area contributed by atoms with Gasteiger partial charge in [-0.25, -0.2) is 0 Å². The predicted octanol–water partition coefficient (Wildman–Crippen LogP) is 5.90. The van der Waals surface area contributed by atoms with E-state index < -0.39 is 0 Å². The monoisotopic (exact) mass is 364 g/mol. The SMILES string of the molecule is CC(C)c1cccc(Cc2cccc(C(C)I)c2)c1. The number of benzene rings is 2. The smallest absolute Gasteiger partial charge is 0.0331 e. The number of alkyl halides is 1. The van der Waals surface area contributed by atoms with Crippen LogP contribution in [0, 0.1) is 0 Å². The van der Waals surface area contributed by atoms with E-state index in [9.17, 15) is 0 Å². The standard InChI is InChI=1S/C18H21I/c1-13(2)17-8-4-6-15(11-17)10-16-7-5-9-18(12-16)14(3)19/h4-9,11-14H,10H2,1-3H3. The molecule has 0 fully saturated rings. The minimum Gasteiger partial charge on any atom is -0.0777 e. The van der Waals surface area contributed by atoms with Crippen molar-refractivity contribution >= 4 is 22.6 Å². The van der Waals surface area contributed by atoms with Gasteiger partial charge in [-0.2, -0.15) is 0 Å². The van der Waals surface area contributed by atoms with Crippen molar-refractivity contribution < 1.29 is 0 Å². The van der Waals surface area contributed by atoms with Gasteiger partial charge in [0.15, 0.2) is 0 Å². The molecule has 0 aliphatic heterocycles. The molecule has 0 aliphatic carbocycles. The van der Waals surface area contributed by atoms with Crippen LogP contribution >= 0.6 is 22.6 Å². The summed E-state index contributed by atoms with van der Waals surface area (Å²) in [6.45, 7) is 6.73. The normalized spacial score (nSPS) is 12.7. The first-order valence-electron chi connectivity index (χ1n) is 6.88. The van der Waals surface area contributed by atoms with Crippen LogP contribution in [0.15, 0.2) is 48.5 Å². The summed E-state index contributed by atoms with van der Waals surface area (Å²) in [6, 6.07) is 17.9. The molecule has 100 valence electrons. The van der Waals surface area contributed by atoms with Crippen molar-refractivity contribution in [1.29, 1.82) is 0 Å². The fourth-order valence-corrected chi connectivity index (χ4v) is 2.64. The molecule has 0 radical (unpaired) electrons. The first-order valence-corrected chi connectivity index (χ1v) is 8.12. The summed E-state index contributed by atoms with van der Waals surface area (Å²) in [5.41, 5.74) is 5.65. The Morgan fingerprint density at radius 1 is 0.842 bits per heavy atom. The van der Waals surface area contributed by atoms with Gasteiger partial charge in [0.1, 0.15) is 0 Å². The van der Waals surface area contributed by atoms with Gasteiger partial charge in [-0.05, 0) is 41.5 Å². The first kappa shape index (κ1) is 14.6. The van der Waals surface area contributed by atoms with Gasteiger partial charge in [0, 0.05) is 3.92 Å². The van der Waals surface area contributed by atoms with Gasteiger partial charge in [0.25, 0.3) is 0 Å². The topological polar surface area (TPSA) is 0 Å². The van der Waals surface area contributed by atoms with Crippen molar-refractivity contribution in [1.82, 2.24) is 0 Å². The van der Waals surface area contributed by atoms with Crippen LogP contribution in [0.4, 0.5) is 0 Å². The lowest BCUT2D eigenvalue weighted by molar-refractivity contribution is 0.863. The third kappa shape index (κ3) is 4.07. The molecule has 0 saturated carbocycles. The predicted molar refractivity (Wildman–Crippen MR) is 92.2 cm³/mol. The number of hydrogen-bond acceptors (Lipinski definition) is 0. The quantitative estimate of drug-likeness (QED) is 0.468. The first-order chi connectivity index (χ1) is 9.06. The molecular weight excluding hydrogens is 343 g/mol. The van der Waals surface area contributed by atoms with Gasteiger partial charge < -0.3 is 0 Å². The van der Waals surface area contributed by atoms with Gasteiger partial charge in [-0.15, -0.1) is 0 Å². The van der Waals surface area contributed by atoms with E-state index in [1.807, 2.05) is 0 Å². The molecule has 2 aromatic rings. The molecule has 0 aliphatic rings. The lowest BCUT2D eigenvalue weighted by atomic mass is 9.97.